The molecule has 0 amide bonds. The van der Waals surface area contributed by atoms with Crippen LogP contribution < -0.4 is 10.1 Å². The molecule has 2 heterocycles. The van der Waals surface area contributed by atoms with Gasteiger partial charge in [0.1, 0.15) is 0 Å². The van der Waals surface area contributed by atoms with Crippen molar-refractivity contribution in [3.05, 3.63) is 12.4 Å². The van der Waals surface area contributed by atoms with Crippen LogP contribution in [0.5, 0.6) is 5.75 Å². The van der Waals surface area contributed by atoms with E-state index in [2.05, 4.69) is 10.4 Å². The molecule has 1 saturated heterocycles. The molecule has 0 saturated carbocycles. The van der Waals surface area contributed by atoms with Crippen LogP contribution >= 0.6 is 0 Å². The largest absolute Gasteiger partial charge is 0.423 e. The molecule has 0 atom stereocenters. The van der Waals surface area contributed by atoms with Crippen molar-refractivity contribution in [3.63, 3.8) is 0 Å². The van der Waals surface area contributed by atoms with Crippen LogP contribution in [0.15, 0.2) is 12.4 Å². The van der Waals surface area contributed by atoms with E-state index in [1.165, 1.54) is 6.20 Å². The third kappa shape index (κ3) is 1.70. The van der Waals surface area contributed by atoms with Gasteiger partial charge < -0.3 is 10.1 Å². The Bertz CT molecular complexity index is 317. The highest BCUT2D eigenvalue weighted by atomic mass is 16.5. The molecule has 2 rings (SSSR count). The Kier molecular flexibility index (Phi) is 2.02. The number of esters is 1. The molecule has 0 radical (unpaired) electrons. The first kappa shape index (κ1) is 8.25. The van der Waals surface area contributed by atoms with Gasteiger partial charge in [-0.15, -0.1) is 0 Å². The zero-order valence-electron chi connectivity index (χ0n) is 7.36. The van der Waals surface area contributed by atoms with Crippen LogP contribution in [0, 0.1) is 5.92 Å². The van der Waals surface area contributed by atoms with Crippen LogP contribution in [0.1, 0.15) is 0 Å². The first-order valence-corrected chi connectivity index (χ1v) is 4.17. The van der Waals surface area contributed by atoms with Crippen LogP contribution in [0.3, 0.4) is 0 Å². The summed E-state index contributed by atoms with van der Waals surface area (Å²) in [6.07, 6.45) is 3.20. The fourth-order valence-corrected chi connectivity index (χ4v) is 1.11. The van der Waals surface area contributed by atoms with Crippen molar-refractivity contribution in [2.45, 2.75) is 0 Å². The number of hydrogen-bond donors (Lipinski definition) is 1. The second-order valence-electron chi connectivity index (χ2n) is 3.13. The highest BCUT2D eigenvalue weighted by Gasteiger charge is 2.26. The molecule has 5 heteroatoms. The molecule has 0 unspecified atom stereocenters. The summed E-state index contributed by atoms with van der Waals surface area (Å²) in [7, 11) is 1.78. The SMILES string of the molecule is Cn1cc(OC(=O)C2CNC2)cn1. The topological polar surface area (TPSA) is 56.1 Å². The van der Waals surface area contributed by atoms with Gasteiger partial charge in [-0.3, -0.25) is 9.48 Å². The molecular weight excluding hydrogens is 170 g/mol. The lowest BCUT2D eigenvalue weighted by atomic mass is 10.0. The molecule has 0 bridgehead atoms. The highest BCUT2D eigenvalue weighted by Crippen LogP contribution is 2.12. The van der Waals surface area contributed by atoms with E-state index in [-0.39, 0.29) is 11.9 Å². The van der Waals surface area contributed by atoms with E-state index in [4.69, 9.17) is 4.74 Å². The fourth-order valence-electron chi connectivity index (χ4n) is 1.11. The Hall–Kier alpha value is -1.36. The normalized spacial score (nSPS) is 16.7. The molecule has 70 valence electrons. The highest BCUT2D eigenvalue weighted by molar-refractivity contribution is 5.76. The Morgan fingerprint density at radius 3 is 3.00 bits per heavy atom. The molecule has 1 N–H and O–H groups in total. The van der Waals surface area contributed by atoms with Crippen LogP contribution in [-0.2, 0) is 11.8 Å². The number of carbonyl (C=O) groups excluding carboxylic acids is 1. The van der Waals surface area contributed by atoms with Gasteiger partial charge in [0.05, 0.1) is 18.3 Å². The number of rotatable bonds is 2. The van der Waals surface area contributed by atoms with Crippen molar-refractivity contribution in [1.29, 1.82) is 0 Å². The lowest BCUT2D eigenvalue weighted by Gasteiger charge is -2.24. The summed E-state index contributed by atoms with van der Waals surface area (Å²) in [4.78, 5) is 11.3. The van der Waals surface area contributed by atoms with Crippen molar-refractivity contribution < 1.29 is 9.53 Å². The molecule has 1 fully saturated rings. The van der Waals surface area contributed by atoms with Gasteiger partial charge in [0.2, 0.25) is 0 Å². The Labute approximate surface area is 75.7 Å². The first-order valence-electron chi connectivity index (χ1n) is 4.17. The molecule has 1 aliphatic heterocycles. The standard InChI is InChI=1S/C8H11N3O2/c1-11-5-7(4-10-11)13-8(12)6-2-9-3-6/h4-6,9H,2-3H2,1H3. The predicted octanol–water partition coefficient (Wildman–Crippen LogP) is -0.455. The number of carbonyl (C=O) groups is 1. The molecular formula is C8H11N3O2. The molecule has 0 spiro atoms. The van der Waals surface area contributed by atoms with Crippen molar-refractivity contribution in [1.82, 2.24) is 15.1 Å². The van der Waals surface area contributed by atoms with E-state index >= 15 is 0 Å². The minimum absolute atomic E-state index is 0.0141. The van der Waals surface area contributed by atoms with E-state index in [9.17, 15) is 4.79 Å². The summed E-state index contributed by atoms with van der Waals surface area (Å²) in [5, 5.41) is 6.91. The summed E-state index contributed by atoms with van der Waals surface area (Å²) >= 11 is 0. The maximum atomic E-state index is 11.3. The zero-order chi connectivity index (χ0) is 9.26. The van der Waals surface area contributed by atoms with Crippen LogP contribution in [0.4, 0.5) is 0 Å². The Balaban J connectivity index is 1.93. The monoisotopic (exact) mass is 181 g/mol. The maximum Gasteiger partial charge on any atom is 0.317 e. The Morgan fingerprint density at radius 1 is 1.77 bits per heavy atom. The van der Waals surface area contributed by atoms with Gasteiger partial charge in [0.25, 0.3) is 0 Å². The van der Waals surface area contributed by atoms with Crippen LogP contribution in [0.25, 0.3) is 0 Å². The van der Waals surface area contributed by atoms with Gasteiger partial charge in [-0.1, -0.05) is 0 Å². The Morgan fingerprint density at radius 2 is 2.54 bits per heavy atom. The first-order chi connectivity index (χ1) is 6.25. The lowest BCUT2D eigenvalue weighted by molar-refractivity contribution is -0.140. The predicted molar refractivity (Wildman–Crippen MR) is 45.2 cm³/mol. The number of hydrogen-bond acceptors (Lipinski definition) is 4. The number of ether oxygens (including phenoxy) is 1. The van der Waals surface area contributed by atoms with Gasteiger partial charge in [-0.05, 0) is 0 Å². The molecule has 1 aromatic rings. The summed E-state index contributed by atoms with van der Waals surface area (Å²) < 4.78 is 6.68. The third-order valence-electron chi connectivity index (χ3n) is 2.01. The van der Waals surface area contributed by atoms with Gasteiger partial charge in [-0.25, -0.2) is 0 Å². The number of aryl methyl sites for hydroxylation is 1. The fraction of sp³-hybridized carbons (Fsp3) is 0.500. The van der Waals surface area contributed by atoms with E-state index in [1.807, 2.05) is 0 Å². The zero-order valence-corrected chi connectivity index (χ0v) is 7.36. The minimum Gasteiger partial charge on any atom is -0.423 e. The van der Waals surface area contributed by atoms with Gasteiger partial charge in [-0.2, -0.15) is 5.10 Å². The molecule has 1 aromatic heterocycles. The van der Waals surface area contributed by atoms with E-state index < -0.39 is 0 Å². The third-order valence-corrected chi connectivity index (χ3v) is 2.01. The van der Waals surface area contributed by atoms with E-state index in [0.717, 1.165) is 13.1 Å². The second kappa shape index (κ2) is 3.18. The van der Waals surface area contributed by atoms with Crippen molar-refractivity contribution in [2.24, 2.45) is 13.0 Å². The summed E-state index contributed by atoms with van der Waals surface area (Å²) in [5.41, 5.74) is 0. The summed E-state index contributed by atoms with van der Waals surface area (Å²) in [5.74, 6) is 0.353. The van der Waals surface area contributed by atoms with Crippen LogP contribution in [0.2, 0.25) is 0 Å². The number of aromatic nitrogens is 2. The van der Waals surface area contributed by atoms with Crippen molar-refractivity contribution >= 4 is 5.97 Å². The number of nitrogens with one attached hydrogen (secondary N) is 1. The minimum atomic E-state index is -0.174. The number of nitrogens with zero attached hydrogens (tertiary/aromatic N) is 2. The van der Waals surface area contributed by atoms with Gasteiger partial charge in [0, 0.05) is 20.1 Å². The second-order valence-corrected chi connectivity index (χ2v) is 3.13. The summed E-state index contributed by atoms with van der Waals surface area (Å²) in [6, 6.07) is 0. The van der Waals surface area contributed by atoms with Crippen molar-refractivity contribution in [3.8, 4) is 5.75 Å². The smallest absolute Gasteiger partial charge is 0.317 e. The quantitative estimate of drug-likeness (QED) is 0.627. The van der Waals surface area contributed by atoms with E-state index in [1.54, 1.807) is 17.9 Å². The average Bonchev–Trinajstić information content (AvgIpc) is 2.31. The van der Waals surface area contributed by atoms with E-state index in [0.29, 0.717) is 5.75 Å². The van der Waals surface area contributed by atoms with Crippen LogP contribution in [-0.4, -0.2) is 28.8 Å². The molecule has 0 aromatic carbocycles. The molecule has 5 nitrogen and oxygen atoms in total. The molecule has 13 heavy (non-hydrogen) atoms. The van der Waals surface area contributed by atoms with Gasteiger partial charge >= 0.3 is 5.97 Å². The lowest BCUT2D eigenvalue weighted by Crippen LogP contribution is -2.48. The molecule has 1 aliphatic rings. The average molecular weight is 181 g/mol. The van der Waals surface area contributed by atoms with Crippen molar-refractivity contribution in [2.75, 3.05) is 13.1 Å². The van der Waals surface area contributed by atoms with Gasteiger partial charge in [0.15, 0.2) is 5.75 Å². The summed E-state index contributed by atoms with van der Waals surface area (Å²) in [6.45, 7) is 1.44. The molecule has 0 aliphatic carbocycles. The maximum absolute atomic E-state index is 11.3.